The lowest BCUT2D eigenvalue weighted by Gasteiger charge is -2.35. The van der Waals surface area contributed by atoms with Gasteiger partial charge in [-0.3, -0.25) is 4.79 Å². The number of nitrogens with one attached hydrogen (secondary N) is 1. The van der Waals surface area contributed by atoms with E-state index in [9.17, 15) is 4.79 Å². The van der Waals surface area contributed by atoms with Crippen molar-refractivity contribution in [2.75, 3.05) is 11.9 Å². The highest BCUT2D eigenvalue weighted by atomic mass is 79.9. The van der Waals surface area contributed by atoms with Crippen molar-refractivity contribution in [3.8, 4) is 0 Å². The number of hydrogen-bond donors (Lipinski definition) is 2. The molecule has 0 radical (unpaired) electrons. The molecule has 1 aliphatic carbocycles. The summed E-state index contributed by atoms with van der Waals surface area (Å²) in [6.07, 6.45) is 6.16. The molecule has 3 N–H and O–H groups in total. The molecule has 0 aromatic heterocycles. The Morgan fingerprint density at radius 3 is 2.70 bits per heavy atom. The van der Waals surface area contributed by atoms with Crippen LogP contribution >= 0.6 is 27.5 Å². The van der Waals surface area contributed by atoms with E-state index in [1.165, 1.54) is 19.3 Å². The normalized spacial score (nSPS) is 17.8. The zero-order valence-electron chi connectivity index (χ0n) is 11.4. The maximum Gasteiger partial charge on any atom is 0.225 e. The van der Waals surface area contributed by atoms with Crippen LogP contribution in [0.15, 0.2) is 22.7 Å². The molecule has 1 fully saturated rings. The number of benzene rings is 1. The van der Waals surface area contributed by atoms with Gasteiger partial charge in [-0.1, -0.05) is 46.8 Å². The van der Waals surface area contributed by atoms with Crippen molar-refractivity contribution in [2.45, 2.75) is 38.5 Å². The zero-order valence-corrected chi connectivity index (χ0v) is 13.8. The number of anilines is 1. The van der Waals surface area contributed by atoms with E-state index < -0.39 is 0 Å². The highest BCUT2D eigenvalue weighted by Gasteiger charge is 2.33. The van der Waals surface area contributed by atoms with Crippen LogP contribution in [0.2, 0.25) is 5.02 Å². The summed E-state index contributed by atoms with van der Waals surface area (Å²) >= 11 is 9.47. The minimum absolute atomic E-state index is 0.00245. The molecule has 0 bridgehead atoms. The molecule has 2 rings (SSSR count). The highest BCUT2D eigenvalue weighted by molar-refractivity contribution is 9.10. The number of nitrogens with two attached hydrogens (primary N) is 1. The Morgan fingerprint density at radius 2 is 2.05 bits per heavy atom. The predicted octanol–water partition coefficient (Wildman–Crippen LogP) is 4.34. The van der Waals surface area contributed by atoms with Crippen LogP contribution in [0.5, 0.6) is 0 Å². The van der Waals surface area contributed by atoms with Crippen LogP contribution in [0.4, 0.5) is 5.69 Å². The minimum Gasteiger partial charge on any atom is -0.330 e. The third-order valence-electron chi connectivity index (χ3n) is 4.09. The summed E-state index contributed by atoms with van der Waals surface area (Å²) in [5.41, 5.74) is 6.54. The molecule has 1 aliphatic rings. The van der Waals surface area contributed by atoms with Gasteiger partial charge in [-0.25, -0.2) is 0 Å². The Bertz CT molecular complexity index is 487. The predicted molar refractivity (Wildman–Crippen MR) is 87.0 cm³/mol. The first-order valence-electron chi connectivity index (χ1n) is 7.00. The van der Waals surface area contributed by atoms with E-state index >= 15 is 0 Å². The molecule has 1 amide bonds. The highest BCUT2D eigenvalue weighted by Crippen LogP contribution is 2.38. The van der Waals surface area contributed by atoms with E-state index in [4.69, 9.17) is 17.3 Å². The Balaban J connectivity index is 2.02. The topological polar surface area (TPSA) is 55.1 Å². The van der Waals surface area contributed by atoms with E-state index in [2.05, 4.69) is 21.2 Å². The molecule has 5 heteroatoms. The van der Waals surface area contributed by atoms with Crippen molar-refractivity contribution < 1.29 is 4.79 Å². The average molecular weight is 360 g/mol. The van der Waals surface area contributed by atoms with E-state index in [1.54, 1.807) is 6.07 Å². The number of amides is 1. The molecule has 110 valence electrons. The van der Waals surface area contributed by atoms with Gasteiger partial charge < -0.3 is 11.1 Å². The van der Waals surface area contributed by atoms with E-state index in [-0.39, 0.29) is 11.3 Å². The molecule has 0 spiro atoms. The summed E-state index contributed by atoms with van der Waals surface area (Å²) < 4.78 is 0.892. The lowest BCUT2D eigenvalue weighted by molar-refractivity contribution is -0.118. The second-order valence-corrected chi connectivity index (χ2v) is 6.94. The number of hydrogen-bond acceptors (Lipinski definition) is 2. The van der Waals surface area contributed by atoms with Crippen LogP contribution in [-0.4, -0.2) is 12.5 Å². The molecule has 3 nitrogen and oxygen atoms in total. The maximum atomic E-state index is 12.3. The number of carbonyl (C=O) groups is 1. The molecular formula is C15H20BrClN2O. The van der Waals surface area contributed by atoms with Crippen LogP contribution < -0.4 is 11.1 Å². The molecule has 1 aromatic carbocycles. The van der Waals surface area contributed by atoms with Crippen LogP contribution in [0, 0.1) is 5.41 Å². The average Bonchev–Trinajstić information content (AvgIpc) is 2.44. The van der Waals surface area contributed by atoms with Gasteiger partial charge in [0.1, 0.15) is 0 Å². The van der Waals surface area contributed by atoms with Crippen molar-refractivity contribution in [3.05, 3.63) is 27.7 Å². The van der Waals surface area contributed by atoms with Crippen molar-refractivity contribution >= 4 is 39.1 Å². The molecule has 0 heterocycles. The molecule has 0 aliphatic heterocycles. The van der Waals surface area contributed by atoms with Crippen molar-refractivity contribution in [1.29, 1.82) is 0 Å². The van der Waals surface area contributed by atoms with E-state index in [0.717, 1.165) is 17.3 Å². The summed E-state index contributed by atoms with van der Waals surface area (Å²) in [7, 11) is 0. The van der Waals surface area contributed by atoms with Gasteiger partial charge in [-0.2, -0.15) is 0 Å². The fourth-order valence-corrected chi connectivity index (χ4v) is 3.41. The lowest BCUT2D eigenvalue weighted by atomic mass is 9.71. The fourth-order valence-electron chi connectivity index (χ4n) is 2.88. The zero-order chi connectivity index (χ0) is 14.6. The Morgan fingerprint density at radius 1 is 1.35 bits per heavy atom. The van der Waals surface area contributed by atoms with Gasteiger partial charge in [-0.15, -0.1) is 0 Å². The van der Waals surface area contributed by atoms with Gasteiger partial charge in [0, 0.05) is 10.9 Å². The molecular weight excluding hydrogens is 340 g/mol. The van der Waals surface area contributed by atoms with E-state index in [1.807, 2.05) is 12.1 Å². The second kappa shape index (κ2) is 6.92. The van der Waals surface area contributed by atoms with Crippen molar-refractivity contribution in [1.82, 2.24) is 0 Å². The summed E-state index contributed by atoms with van der Waals surface area (Å²) in [5, 5.41) is 3.45. The van der Waals surface area contributed by atoms with Gasteiger partial charge in [-0.05, 0) is 43.0 Å². The summed E-state index contributed by atoms with van der Waals surface area (Å²) in [6.45, 7) is 0.576. The first-order valence-corrected chi connectivity index (χ1v) is 8.17. The van der Waals surface area contributed by atoms with Crippen LogP contribution in [0.3, 0.4) is 0 Å². The second-order valence-electron chi connectivity index (χ2n) is 5.61. The summed E-state index contributed by atoms with van der Waals surface area (Å²) in [6, 6.07) is 5.43. The smallest absolute Gasteiger partial charge is 0.225 e. The third-order valence-corrected chi connectivity index (χ3v) is 4.91. The number of carbonyl (C=O) groups excluding carboxylic acids is 1. The Labute approximate surface area is 133 Å². The van der Waals surface area contributed by atoms with Crippen molar-refractivity contribution in [2.24, 2.45) is 11.1 Å². The van der Waals surface area contributed by atoms with Crippen LogP contribution in [0.1, 0.15) is 38.5 Å². The molecule has 0 saturated heterocycles. The molecule has 1 saturated carbocycles. The van der Waals surface area contributed by atoms with Crippen LogP contribution in [-0.2, 0) is 4.79 Å². The summed E-state index contributed by atoms with van der Waals surface area (Å²) in [4.78, 5) is 12.3. The van der Waals surface area contributed by atoms with Gasteiger partial charge in [0.25, 0.3) is 0 Å². The van der Waals surface area contributed by atoms with Gasteiger partial charge >= 0.3 is 0 Å². The molecule has 0 atom stereocenters. The Kier molecular flexibility index (Phi) is 5.47. The Hall–Kier alpha value is -0.580. The first kappa shape index (κ1) is 15.8. The SMILES string of the molecule is NCC1(CC(=O)Nc2cc(Br)ccc2Cl)CCCCC1. The molecule has 0 unspecified atom stereocenters. The first-order chi connectivity index (χ1) is 9.54. The van der Waals surface area contributed by atoms with Gasteiger partial charge in [0.2, 0.25) is 5.91 Å². The van der Waals surface area contributed by atoms with Gasteiger partial charge in [0.15, 0.2) is 0 Å². The number of halogens is 2. The van der Waals surface area contributed by atoms with Crippen molar-refractivity contribution in [3.63, 3.8) is 0 Å². The van der Waals surface area contributed by atoms with Crippen LogP contribution in [0.25, 0.3) is 0 Å². The minimum atomic E-state index is -0.0270. The lowest BCUT2D eigenvalue weighted by Crippen LogP contribution is -2.36. The molecule has 20 heavy (non-hydrogen) atoms. The third kappa shape index (κ3) is 3.96. The van der Waals surface area contributed by atoms with E-state index in [0.29, 0.717) is 23.7 Å². The van der Waals surface area contributed by atoms with Gasteiger partial charge in [0.05, 0.1) is 10.7 Å². The monoisotopic (exact) mass is 358 g/mol. The largest absolute Gasteiger partial charge is 0.330 e. The standard InChI is InChI=1S/C15H20BrClN2O/c16-11-4-5-12(17)13(8-11)19-14(20)9-15(10-18)6-2-1-3-7-15/h4-5,8H,1-3,6-7,9-10,18H2,(H,19,20). The molecule has 1 aromatic rings. The quantitative estimate of drug-likeness (QED) is 0.840. The number of rotatable bonds is 4. The summed E-state index contributed by atoms with van der Waals surface area (Å²) in [5.74, 6) is -0.00245. The maximum absolute atomic E-state index is 12.3. The fraction of sp³-hybridized carbons (Fsp3) is 0.533.